The van der Waals surface area contributed by atoms with Gasteiger partial charge in [0.2, 0.25) is 0 Å². The van der Waals surface area contributed by atoms with E-state index in [2.05, 4.69) is 225 Å². The molecule has 3 heteroatoms. The number of hydrogen-bond acceptors (Lipinski definition) is 3. The van der Waals surface area contributed by atoms with E-state index >= 15 is 0 Å². The van der Waals surface area contributed by atoms with Gasteiger partial charge in [-0.05, 0) is 110 Å². The number of nitrogens with zero attached hydrogens (tertiary/aromatic N) is 1. The maximum absolute atomic E-state index is 6.72. The SMILES string of the molecule is CC1(C)c2ccccc2-c2ccc(-c3cc(N(c4ccc(-c5ccccc5)cc4)c4ccc(-c5cccc6c5oc5ccccc56)cc4)ccc3-c3cccc4c3oc3ccccc34)cc21. The summed E-state index contributed by atoms with van der Waals surface area (Å²) in [6, 6.07) is 80.9. The molecule has 312 valence electrons. The molecule has 0 saturated carbocycles. The molecule has 0 unspecified atom stereocenters. The molecule has 1 aliphatic carbocycles. The van der Waals surface area contributed by atoms with Gasteiger partial charge in [-0.3, -0.25) is 0 Å². The average molecular weight is 846 g/mol. The van der Waals surface area contributed by atoms with Gasteiger partial charge in [0, 0.05) is 55.1 Å². The summed E-state index contributed by atoms with van der Waals surface area (Å²) in [5.74, 6) is 0. The van der Waals surface area contributed by atoms with Crippen LogP contribution < -0.4 is 4.90 Å². The van der Waals surface area contributed by atoms with Crippen LogP contribution in [0.2, 0.25) is 0 Å². The Kier molecular flexibility index (Phi) is 8.56. The highest BCUT2D eigenvalue weighted by Gasteiger charge is 2.35. The van der Waals surface area contributed by atoms with Gasteiger partial charge in [-0.1, -0.05) is 184 Å². The van der Waals surface area contributed by atoms with Crippen LogP contribution in [0.3, 0.4) is 0 Å². The van der Waals surface area contributed by atoms with Crippen LogP contribution in [0.4, 0.5) is 17.1 Å². The van der Waals surface area contributed by atoms with E-state index in [4.69, 9.17) is 8.83 Å². The second kappa shape index (κ2) is 14.8. The summed E-state index contributed by atoms with van der Waals surface area (Å²) in [5.41, 5.74) is 20.9. The molecular weight excluding hydrogens is 803 g/mol. The number of furan rings is 2. The average Bonchev–Trinajstić information content (AvgIpc) is 4.02. The van der Waals surface area contributed by atoms with Crippen LogP contribution >= 0.6 is 0 Å². The van der Waals surface area contributed by atoms with Gasteiger partial charge in [0.15, 0.2) is 0 Å². The molecule has 0 aliphatic heterocycles. The number of hydrogen-bond donors (Lipinski definition) is 0. The van der Waals surface area contributed by atoms with Crippen molar-refractivity contribution in [2.75, 3.05) is 4.90 Å². The van der Waals surface area contributed by atoms with Crippen molar-refractivity contribution < 1.29 is 8.83 Å². The molecule has 0 spiro atoms. The van der Waals surface area contributed by atoms with Crippen molar-refractivity contribution in [2.45, 2.75) is 19.3 Å². The van der Waals surface area contributed by atoms with Crippen LogP contribution in [0.5, 0.6) is 0 Å². The first-order valence-electron chi connectivity index (χ1n) is 22.7. The van der Waals surface area contributed by atoms with Gasteiger partial charge in [0.05, 0.1) is 0 Å². The van der Waals surface area contributed by atoms with Gasteiger partial charge in [-0.25, -0.2) is 0 Å². The maximum Gasteiger partial charge on any atom is 0.143 e. The third-order valence-corrected chi connectivity index (χ3v) is 13.9. The van der Waals surface area contributed by atoms with Crippen molar-refractivity contribution in [3.8, 4) is 55.6 Å². The first-order valence-corrected chi connectivity index (χ1v) is 22.7. The zero-order chi connectivity index (χ0) is 43.9. The standard InChI is InChI=1S/C63H43NO2/c1-63(2)57-23-9-6-16-49(57)50-36-30-43(38-58(50)63)56-39-46(35-37-48(56)53-20-13-22-55-52-18-8-11-25-60(52)66-62(53)55)64(44-31-26-41(27-32-44)40-14-4-3-5-15-40)45-33-28-42(29-34-45)47-19-12-21-54-51-17-7-10-24-59(51)65-61(47)54/h3-39H,1-2H3. The molecule has 0 fully saturated rings. The molecule has 2 heterocycles. The molecule has 10 aromatic carbocycles. The van der Waals surface area contributed by atoms with Crippen molar-refractivity contribution in [3.05, 3.63) is 236 Å². The summed E-state index contributed by atoms with van der Waals surface area (Å²) in [5, 5.41) is 4.48. The molecule has 0 atom stereocenters. The van der Waals surface area contributed by atoms with Gasteiger partial charge >= 0.3 is 0 Å². The molecule has 13 rings (SSSR count). The Morgan fingerprint density at radius 2 is 0.788 bits per heavy atom. The Hall–Kier alpha value is -8.40. The lowest BCUT2D eigenvalue weighted by Crippen LogP contribution is -2.15. The molecular formula is C63H43NO2. The van der Waals surface area contributed by atoms with Crippen LogP contribution in [0, 0.1) is 0 Å². The van der Waals surface area contributed by atoms with Crippen molar-refractivity contribution in [1.29, 1.82) is 0 Å². The monoisotopic (exact) mass is 845 g/mol. The molecule has 3 nitrogen and oxygen atoms in total. The highest BCUT2D eigenvalue weighted by atomic mass is 16.3. The van der Waals surface area contributed by atoms with Gasteiger partial charge in [-0.15, -0.1) is 0 Å². The third-order valence-electron chi connectivity index (χ3n) is 13.9. The van der Waals surface area contributed by atoms with Gasteiger partial charge in [-0.2, -0.15) is 0 Å². The largest absolute Gasteiger partial charge is 0.455 e. The predicted molar refractivity (Wildman–Crippen MR) is 275 cm³/mol. The fraction of sp³-hybridized carbons (Fsp3) is 0.0476. The topological polar surface area (TPSA) is 29.5 Å². The molecule has 0 bridgehead atoms. The first-order chi connectivity index (χ1) is 32.5. The van der Waals surface area contributed by atoms with Crippen molar-refractivity contribution in [2.24, 2.45) is 0 Å². The van der Waals surface area contributed by atoms with Gasteiger partial charge in [0.25, 0.3) is 0 Å². The normalized spacial score (nSPS) is 12.8. The molecule has 0 amide bonds. The fourth-order valence-electron chi connectivity index (χ4n) is 10.6. The van der Waals surface area contributed by atoms with E-state index in [1.54, 1.807) is 0 Å². The third kappa shape index (κ3) is 5.97. The number of para-hydroxylation sites is 4. The van der Waals surface area contributed by atoms with E-state index in [1.165, 1.54) is 33.4 Å². The first kappa shape index (κ1) is 38.1. The Labute approximate surface area is 383 Å². The van der Waals surface area contributed by atoms with Crippen LogP contribution in [0.25, 0.3) is 99.5 Å². The highest BCUT2D eigenvalue weighted by molar-refractivity contribution is 6.11. The van der Waals surface area contributed by atoms with E-state index in [0.29, 0.717) is 0 Å². The smallest absolute Gasteiger partial charge is 0.143 e. The van der Waals surface area contributed by atoms with Crippen molar-refractivity contribution >= 4 is 60.9 Å². The summed E-state index contributed by atoms with van der Waals surface area (Å²) < 4.78 is 13.2. The minimum atomic E-state index is -0.153. The van der Waals surface area contributed by atoms with E-state index in [9.17, 15) is 0 Å². The minimum Gasteiger partial charge on any atom is -0.455 e. The molecule has 0 saturated heterocycles. The van der Waals surface area contributed by atoms with Crippen LogP contribution in [0.15, 0.2) is 233 Å². The Balaban J connectivity index is 1.00. The van der Waals surface area contributed by atoms with Gasteiger partial charge in [0.1, 0.15) is 22.3 Å². The Morgan fingerprint density at radius 1 is 0.303 bits per heavy atom. The van der Waals surface area contributed by atoms with E-state index in [-0.39, 0.29) is 5.41 Å². The second-order valence-corrected chi connectivity index (χ2v) is 18.0. The molecule has 1 aliphatic rings. The summed E-state index contributed by atoms with van der Waals surface area (Å²) in [7, 11) is 0. The molecule has 66 heavy (non-hydrogen) atoms. The lowest BCUT2D eigenvalue weighted by Gasteiger charge is -2.27. The maximum atomic E-state index is 6.72. The zero-order valence-corrected chi connectivity index (χ0v) is 36.6. The second-order valence-electron chi connectivity index (χ2n) is 18.0. The summed E-state index contributed by atoms with van der Waals surface area (Å²) in [4.78, 5) is 2.38. The van der Waals surface area contributed by atoms with Crippen molar-refractivity contribution in [1.82, 2.24) is 0 Å². The van der Waals surface area contributed by atoms with Crippen LogP contribution in [0.1, 0.15) is 25.0 Å². The summed E-state index contributed by atoms with van der Waals surface area (Å²) >= 11 is 0. The number of fused-ring (bicyclic) bond motifs is 9. The number of rotatable bonds is 7. The lowest BCUT2D eigenvalue weighted by atomic mass is 9.81. The minimum absolute atomic E-state index is 0.153. The van der Waals surface area contributed by atoms with E-state index in [1.807, 2.05) is 18.2 Å². The quantitative estimate of drug-likeness (QED) is 0.160. The molecule has 2 aromatic heterocycles. The van der Waals surface area contributed by atoms with Crippen molar-refractivity contribution in [3.63, 3.8) is 0 Å². The fourth-order valence-corrected chi connectivity index (χ4v) is 10.6. The zero-order valence-electron chi connectivity index (χ0n) is 36.6. The van der Waals surface area contributed by atoms with E-state index in [0.717, 1.165) is 94.3 Å². The predicted octanol–water partition coefficient (Wildman–Crippen LogP) is 17.9. The Bertz CT molecular complexity index is 3830. The summed E-state index contributed by atoms with van der Waals surface area (Å²) in [6.07, 6.45) is 0. The molecule has 12 aromatic rings. The van der Waals surface area contributed by atoms with E-state index < -0.39 is 0 Å². The van der Waals surface area contributed by atoms with Crippen LogP contribution in [-0.4, -0.2) is 0 Å². The lowest BCUT2D eigenvalue weighted by molar-refractivity contribution is 0.660. The number of anilines is 3. The highest BCUT2D eigenvalue weighted by Crippen LogP contribution is 2.51. The number of benzene rings is 10. The van der Waals surface area contributed by atoms with Gasteiger partial charge < -0.3 is 13.7 Å². The molecule has 0 N–H and O–H groups in total. The van der Waals surface area contributed by atoms with Crippen LogP contribution in [-0.2, 0) is 5.41 Å². The Morgan fingerprint density at radius 3 is 1.48 bits per heavy atom. The molecule has 0 radical (unpaired) electrons. The summed E-state index contributed by atoms with van der Waals surface area (Å²) in [6.45, 7) is 4.71.